The standard InChI is InChI=1S/C20H17FO/c1-14-2-6-16(7-3-14)18-10-11-19(20(21)12-18)17-8-4-15(13-22)5-9-17/h2-12,22H,13H2,1H3. The molecule has 0 saturated heterocycles. The van der Waals surface area contributed by atoms with E-state index in [1.165, 1.54) is 5.56 Å². The molecule has 0 bridgehead atoms. The first kappa shape index (κ1) is 14.5. The van der Waals surface area contributed by atoms with Gasteiger partial charge < -0.3 is 5.11 Å². The molecule has 0 fully saturated rings. The minimum atomic E-state index is -0.241. The van der Waals surface area contributed by atoms with Crippen LogP contribution in [-0.2, 0) is 6.61 Å². The highest BCUT2D eigenvalue weighted by molar-refractivity contribution is 5.71. The quantitative estimate of drug-likeness (QED) is 0.723. The molecule has 3 rings (SSSR count). The summed E-state index contributed by atoms with van der Waals surface area (Å²) < 4.78 is 14.4. The van der Waals surface area contributed by atoms with Crippen LogP contribution >= 0.6 is 0 Å². The van der Waals surface area contributed by atoms with Crippen molar-refractivity contribution in [2.75, 3.05) is 0 Å². The zero-order chi connectivity index (χ0) is 15.5. The third-order valence-electron chi connectivity index (χ3n) is 3.80. The normalized spacial score (nSPS) is 10.7. The van der Waals surface area contributed by atoms with Crippen molar-refractivity contribution < 1.29 is 9.50 Å². The number of aryl methyl sites for hydroxylation is 1. The van der Waals surface area contributed by atoms with Gasteiger partial charge in [-0.25, -0.2) is 4.39 Å². The molecule has 0 aliphatic rings. The molecule has 1 N–H and O–H groups in total. The molecule has 0 aliphatic carbocycles. The van der Waals surface area contributed by atoms with Gasteiger partial charge in [0.05, 0.1) is 6.61 Å². The van der Waals surface area contributed by atoms with Crippen molar-refractivity contribution in [3.8, 4) is 22.3 Å². The Morgan fingerprint density at radius 2 is 1.36 bits per heavy atom. The molecule has 0 unspecified atom stereocenters. The lowest BCUT2D eigenvalue weighted by molar-refractivity contribution is 0.282. The molecule has 0 aliphatic heterocycles. The number of halogens is 1. The third-order valence-corrected chi connectivity index (χ3v) is 3.80. The molecule has 0 heterocycles. The van der Waals surface area contributed by atoms with Gasteiger partial charge in [-0.3, -0.25) is 0 Å². The van der Waals surface area contributed by atoms with E-state index in [4.69, 9.17) is 5.11 Å². The molecule has 0 saturated carbocycles. The van der Waals surface area contributed by atoms with Gasteiger partial charge in [0, 0.05) is 5.56 Å². The zero-order valence-electron chi connectivity index (χ0n) is 12.4. The van der Waals surface area contributed by atoms with Crippen LogP contribution in [0.4, 0.5) is 4.39 Å². The van der Waals surface area contributed by atoms with Gasteiger partial charge in [-0.1, -0.05) is 66.2 Å². The molecule has 0 aromatic heterocycles. The minimum absolute atomic E-state index is 0.00484. The maximum Gasteiger partial charge on any atom is 0.131 e. The molecule has 3 aromatic carbocycles. The van der Waals surface area contributed by atoms with Crippen LogP contribution < -0.4 is 0 Å². The SMILES string of the molecule is Cc1ccc(-c2ccc(-c3ccc(CO)cc3)c(F)c2)cc1. The molecule has 0 atom stereocenters. The largest absolute Gasteiger partial charge is 0.392 e. The number of aliphatic hydroxyl groups is 1. The predicted octanol–water partition coefficient (Wildman–Crippen LogP) is 4.96. The van der Waals surface area contributed by atoms with E-state index in [2.05, 4.69) is 0 Å². The van der Waals surface area contributed by atoms with E-state index in [0.717, 1.165) is 22.3 Å². The van der Waals surface area contributed by atoms with Gasteiger partial charge in [-0.15, -0.1) is 0 Å². The molecule has 0 amide bonds. The third kappa shape index (κ3) is 2.92. The van der Waals surface area contributed by atoms with Gasteiger partial charge in [0.2, 0.25) is 0 Å². The highest BCUT2D eigenvalue weighted by Crippen LogP contribution is 2.28. The predicted molar refractivity (Wildman–Crippen MR) is 87.9 cm³/mol. The summed E-state index contributed by atoms with van der Waals surface area (Å²) in [4.78, 5) is 0. The first-order chi connectivity index (χ1) is 10.7. The lowest BCUT2D eigenvalue weighted by atomic mass is 9.98. The van der Waals surface area contributed by atoms with E-state index in [1.54, 1.807) is 12.1 Å². The zero-order valence-corrected chi connectivity index (χ0v) is 12.4. The Kier molecular flexibility index (Phi) is 4.03. The number of aliphatic hydroxyl groups excluding tert-OH is 1. The molecule has 0 radical (unpaired) electrons. The smallest absolute Gasteiger partial charge is 0.131 e. The van der Waals surface area contributed by atoms with E-state index >= 15 is 0 Å². The molecule has 3 aromatic rings. The average molecular weight is 292 g/mol. The summed E-state index contributed by atoms with van der Waals surface area (Å²) in [5.74, 6) is -0.241. The van der Waals surface area contributed by atoms with Crippen LogP contribution in [0.5, 0.6) is 0 Å². The van der Waals surface area contributed by atoms with Gasteiger partial charge in [0.1, 0.15) is 5.82 Å². The van der Waals surface area contributed by atoms with Crippen LogP contribution in [0.3, 0.4) is 0 Å². The van der Waals surface area contributed by atoms with Crippen molar-refractivity contribution >= 4 is 0 Å². The van der Waals surface area contributed by atoms with Crippen molar-refractivity contribution in [2.45, 2.75) is 13.5 Å². The number of hydrogen-bond acceptors (Lipinski definition) is 1. The van der Waals surface area contributed by atoms with Gasteiger partial charge in [0.15, 0.2) is 0 Å². The van der Waals surface area contributed by atoms with Gasteiger partial charge in [0.25, 0.3) is 0 Å². The second-order valence-corrected chi connectivity index (χ2v) is 5.42. The van der Waals surface area contributed by atoms with Gasteiger partial charge in [-0.2, -0.15) is 0 Å². The van der Waals surface area contributed by atoms with E-state index < -0.39 is 0 Å². The van der Waals surface area contributed by atoms with Gasteiger partial charge >= 0.3 is 0 Å². The Hall–Kier alpha value is -2.45. The second-order valence-electron chi connectivity index (χ2n) is 5.42. The molecule has 22 heavy (non-hydrogen) atoms. The summed E-state index contributed by atoms with van der Waals surface area (Å²) in [5, 5.41) is 9.06. The van der Waals surface area contributed by atoms with Crippen molar-refractivity contribution in [1.82, 2.24) is 0 Å². The van der Waals surface area contributed by atoms with Crippen molar-refractivity contribution in [3.63, 3.8) is 0 Å². The van der Waals surface area contributed by atoms with Crippen LogP contribution in [0.15, 0.2) is 66.7 Å². The fraction of sp³-hybridized carbons (Fsp3) is 0.100. The number of benzene rings is 3. The fourth-order valence-electron chi connectivity index (χ4n) is 2.46. The minimum Gasteiger partial charge on any atom is -0.392 e. The summed E-state index contributed by atoms with van der Waals surface area (Å²) in [6.07, 6.45) is 0. The molecule has 0 spiro atoms. The van der Waals surface area contributed by atoms with Crippen LogP contribution in [0.25, 0.3) is 22.3 Å². The van der Waals surface area contributed by atoms with Crippen molar-refractivity contribution in [3.05, 3.63) is 83.7 Å². The topological polar surface area (TPSA) is 20.2 Å². The summed E-state index contributed by atoms with van der Waals surface area (Å²) in [6, 6.07) is 20.6. The maximum atomic E-state index is 14.4. The van der Waals surface area contributed by atoms with Crippen molar-refractivity contribution in [2.24, 2.45) is 0 Å². The molecule has 2 heteroatoms. The van der Waals surface area contributed by atoms with E-state index in [9.17, 15) is 4.39 Å². The summed E-state index contributed by atoms with van der Waals surface area (Å²) in [6.45, 7) is 2.03. The first-order valence-electron chi connectivity index (χ1n) is 7.24. The highest BCUT2D eigenvalue weighted by atomic mass is 19.1. The molecule has 1 nitrogen and oxygen atoms in total. The van der Waals surface area contributed by atoms with Crippen LogP contribution in [0, 0.1) is 12.7 Å². The second kappa shape index (κ2) is 6.12. The summed E-state index contributed by atoms with van der Waals surface area (Å²) in [5.41, 5.74) is 5.26. The van der Waals surface area contributed by atoms with Crippen molar-refractivity contribution in [1.29, 1.82) is 0 Å². The lowest BCUT2D eigenvalue weighted by Gasteiger charge is -2.08. The first-order valence-corrected chi connectivity index (χ1v) is 7.24. The number of hydrogen-bond donors (Lipinski definition) is 1. The maximum absolute atomic E-state index is 14.4. The summed E-state index contributed by atoms with van der Waals surface area (Å²) in [7, 11) is 0. The van der Waals surface area contributed by atoms with Crippen LogP contribution in [-0.4, -0.2) is 5.11 Å². The molecule has 110 valence electrons. The monoisotopic (exact) mass is 292 g/mol. The van der Waals surface area contributed by atoms with E-state index in [-0.39, 0.29) is 12.4 Å². The summed E-state index contributed by atoms with van der Waals surface area (Å²) >= 11 is 0. The van der Waals surface area contributed by atoms with Crippen LogP contribution in [0.2, 0.25) is 0 Å². The Labute approximate surface area is 129 Å². The molecular formula is C20H17FO. The average Bonchev–Trinajstić information content (AvgIpc) is 2.56. The Morgan fingerprint density at radius 1 is 0.773 bits per heavy atom. The fourth-order valence-corrected chi connectivity index (χ4v) is 2.46. The molecular weight excluding hydrogens is 275 g/mol. The van der Waals surface area contributed by atoms with Gasteiger partial charge in [-0.05, 0) is 35.2 Å². The number of rotatable bonds is 3. The highest BCUT2D eigenvalue weighted by Gasteiger charge is 2.07. The van der Waals surface area contributed by atoms with E-state index in [1.807, 2.05) is 61.5 Å². The van der Waals surface area contributed by atoms with Crippen LogP contribution in [0.1, 0.15) is 11.1 Å². The Balaban J connectivity index is 1.96. The lowest BCUT2D eigenvalue weighted by Crippen LogP contribution is -1.88. The Bertz CT molecular complexity index is 774. The Morgan fingerprint density at radius 3 is 1.95 bits per heavy atom. The van der Waals surface area contributed by atoms with E-state index in [0.29, 0.717) is 5.56 Å².